The van der Waals surface area contributed by atoms with Gasteiger partial charge in [-0.1, -0.05) is 23.7 Å². The van der Waals surface area contributed by atoms with E-state index in [4.69, 9.17) is 16.3 Å². The summed E-state index contributed by atoms with van der Waals surface area (Å²) in [5, 5.41) is 0.644. The van der Waals surface area contributed by atoms with E-state index in [2.05, 4.69) is 4.72 Å². The van der Waals surface area contributed by atoms with Crippen molar-refractivity contribution in [2.75, 3.05) is 13.2 Å². The molecule has 0 aliphatic rings. The molecule has 2 aromatic carbocycles. The first-order valence-corrected chi connectivity index (χ1v) is 9.11. The van der Waals surface area contributed by atoms with Crippen molar-refractivity contribution in [3.8, 4) is 5.75 Å². The number of sulfonamides is 1. The van der Waals surface area contributed by atoms with Gasteiger partial charge in [0.25, 0.3) is 0 Å². The second-order valence-corrected chi connectivity index (χ2v) is 7.60. The molecule has 0 fully saturated rings. The van der Waals surface area contributed by atoms with E-state index in [0.29, 0.717) is 15.7 Å². The number of aryl methyl sites for hydroxylation is 3. The maximum atomic E-state index is 12.3. The van der Waals surface area contributed by atoms with Crippen molar-refractivity contribution in [2.24, 2.45) is 0 Å². The van der Waals surface area contributed by atoms with Crippen LogP contribution in [0.25, 0.3) is 0 Å². The van der Waals surface area contributed by atoms with Crippen molar-refractivity contribution in [3.05, 3.63) is 58.1 Å². The first-order chi connectivity index (χ1) is 10.8. The zero-order chi connectivity index (χ0) is 17.0. The van der Waals surface area contributed by atoms with E-state index in [9.17, 15) is 8.42 Å². The molecule has 0 bridgehead atoms. The van der Waals surface area contributed by atoms with Gasteiger partial charge in [-0.15, -0.1) is 0 Å². The lowest BCUT2D eigenvalue weighted by Crippen LogP contribution is -2.29. The molecule has 0 spiro atoms. The van der Waals surface area contributed by atoms with Crippen molar-refractivity contribution < 1.29 is 13.2 Å². The predicted molar refractivity (Wildman–Crippen MR) is 92.8 cm³/mol. The van der Waals surface area contributed by atoms with E-state index < -0.39 is 10.0 Å². The van der Waals surface area contributed by atoms with Gasteiger partial charge in [0.15, 0.2) is 0 Å². The average Bonchev–Trinajstić information content (AvgIpc) is 2.48. The van der Waals surface area contributed by atoms with Crippen LogP contribution in [-0.2, 0) is 10.0 Å². The van der Waals surface area contributed by atoms with Crippen molar-refractivity contribution in [1.29, 1.82) is 0 Å². The minimum atomic E-state index is -3.54. The molecule has 0 aromatic heterocycles. The molecule has 0 amide bonds. The normalized spacial score (nSPS) is 11.5. The highest BCUT2D eigenvalue weighted by atomic mass is 35.5. The third kappa shape index (κ3) is 4.70. The summed E-state index contributed by atoms with van der Waals surface area (Å²) in [5.74, 6) is 0.695. The number of ether oxygens (including phenoxy) is 1. The molecule has 124 valence electrons. The molecule has 0 heterocycles. The summed E-state index contributed by atoms with van der Waals surface area (Å²) < 4.78 is 32.8. The summed E-state index contributed by atoms with van der Waals surface area (Å²) in [4.78, 5) is 0.306. The Morgan fingerprint density at radius 3 is 2.48 bits per heavy atom. The summed E-state index contributed by atoms with van der Waals surface area (Å²) in [6.45, 7) is 5.97. The molecule has 23 heavy (non-hydrogen) atoms. The van der Waals surface area contributed by atoms with Gasteiger partial charge in [-0.2, -0.15) is 0 Å². The van der Waals surface area contributed by atoms with Gasteiger partial charge < -0.3 is 4.74 Å². The Morgan fingerprint density at radius 2 is 1.78 bits per heavy atom. The van der Waals surface area contributed by atoms with Gasteiger partial charge in [-0.25, -0.2) is 13.1 Å². The fourth-order valence-corrected chi connectivity index (χ4v) is 3.75. The average molecular weight is 354 g/mol. The minimum Gasteiger partial charge on any atom is -0.492 e. The van der Waals surface area contributed by atoms with Crippen LogP contribution in [0, 0.1) is 20.8 Å². The summed E-state index contributed by atoms with van der Waals surface area (Å²) in [6, 6.07) is 10.7. The molecule has 0 unspecified atom stereocenters. The molecule has 0 saturated heterocycles. The molecule has 0 radical (unpaired) electrons. The van der Waals surface area contributed by atoms with Gasteiger partial charge in [0.05, 0.1) is 4.90 Å². The van der Waals surface area contributed by atoms with Crippen LogP contribution in [0.4, 0.5) is 0 Å². The quantitative estimate of drug-likeness (QED) is 0.807. The van der Waals surface area contributed by atoms with E-state index in [-0.39, 0.29) is 13.2 Å². The van der Waals surface area contributed by atoms with Gasteiger partial charge in [-0.05, 0) is 61.7 Å². The van der Waals surface area contributed by atoms with Crippen LogP contribution in [0.5, 0.6) is 5.75 Å². The van der Waals surface area contributed by atoms with Crippen LogP contribution in [0.2, 0.25) is 5.02 Å². The number of halogens is 1. The summed E-state index contributed by atoms with van der Waals surface area (Å²) in [5.41, 5.74) is 2.54. The standard InChI is InChI=1S/C17H20ClNO3S/c1-12-4-5-13(2)17(10-12)23(20,21)19-8-9-22-16-7-6-15(18)11-14(16)3/h4-7,10-11,19H,8-9H2,1-3H3. The molecular formula is C17H20ClNO3S. The van der Waals surface area contributed by atoms with E-state index in [0.717, 1.165) is 16.7 Å². The van der Waals surface area contributed by atoms with Crippen LogP contribution in [0.1, 0.15) is 16.7 Å². The first-order valence-electron chi connectivity index (χ1n) is 7.25. The number of benzene rings is 2. The van der Waals surface area contributed by atoms with Gasteiger partial charge in [0, 0.05) is 11.6 Å². The van der Waals surface area contributed by atoms with Crippen LogP contribution in [0.3, 0.4) is 0 Å². The van der Waals surface area contributed by atoms with Gasteiger partial charge in [0.2, 0.25) is 10.0 Å². The van der Waals surface area contributed by atoms with E-state index in [1.54, 1.807) is 37.3 Å². The van der Waals surface area contributed by atoms with Crippen LogP contribution in [0.15, 0.2) is 41.3 Å². The molecular weight excluding hydrogens is 334 g/mol. The Kier molecular flexibility index (Phi) is 5.68. The third-order valence-electron chi connectivity index (χ3n) is 3.42. The predicted octanol–water partition coefficient (Wildman–Crippen LogP) is 3.62. The summed E-state index contributed by atoms with van der Waals surface area (Å²) in [7, 11) is -3.54. The fourth-order valence-electron chi connectivity index (χ4n) is 2.19. The highest BCUT2D eigenvalue weighted by molar-refractivity contribution is 7.89. The lowest BCUT2D eigenvalue weighted by atomic mass is 10.2. The molecule has 0 aliphatic carbocycles. The Hall–Kier alpha value is -1.56. The maximum Gasteiger partial charge on any atom is 0.240 e. The third-order valence-corrected chi connectivity index (χ3v) is 5.26. The monoisotopic (exact) mass is 353 g/mol. The van der Waals surface area contributed by atoms with Gasteiger partial charge in [0.1, 0.15) is 12.4 Å². The molecule has 0 saturated carbocycles. The Labute approximate surface area is 142 Å². The lowest BCUT2D eigenvalue weighted by molar-refractivity contribution is 0.320. The summed E-state index contributed by atoms with van der Waals surface area (Å²) >= 11 is 5.89. The number of nitrogens with one attached hydrogen (secondary N) is 1. The molecule has 6 heteroatoms. The molecule has 4 nitrogen and oxygen atoms in total. The topological polar surface area (TPSA) is 55.4 Å². The molecule has 2 rings (SSSR count). The summed E-state index contributed by atoms with van der Waals surface area (Å²) in [6.07, 6.45) is 0. The Bertz CT molecular complexity index is 803. The highest BCUT2D eigenvalue weighted by Crippen LogP contribution is 2.21. The van der Waals surface area contributed by atoms with Crippen LogP contribution in [-0.4, -0.2) is 21.6 Å². The zero-order valence-corrected chi connectivity index (χ0v) is 15.0. The van der Waals surface area contributed by atoms with E-state index >= 15 is 0 Å². The van der Waals surface area contributed by atoms with Gasteiger partial charge >= 0.3 is 0 Å². The van der Waals surface area contributed by atoms with Crippen molar-refractivity contribution in [2.45, 2.75) is 25.7 Å². The van der Waals surface area contributed by atoms with E-state index in [1.807, 2.05) is 19.9 Å². The van der Waals surface area contributed by atoms with Gasteiger partial charge in [-0.3, -0.25) is 0 Å². The second-order valence-electron chi connectivity index (χ2n) is 5.43. The number of hydrogen-bond donors (Lipinski definition) is 1. The molecule has 0 atom stereocenters. The fraction of sp³-hybridized carbons (Fsp3) is 0.294. The molecule has 1 N–H and O–H groups in total. The Balaban J connectivity index is 1.96. The minimum absolute atomic E-state index is 0.192. The molecule has 0 aliphatic heterocycles. The second kappa shape index (κ2) is 7.34. The molecule has 2 aromatic rings. The van der Waals surface area contributed by atoms with Crippen molar-refractivity contribution >= 4 is 21.6 Å². The zero-order valence-electron chi connectivity index (χ0n) is 13.4. The maximum absolute atomic E-state index is 12.3. The Morgan fingerprint density at radius 1 is 1.04 bits per heavy atom. The van der Waals surface area contributed by atoms with E-state index in [1.165, 1.54) is 0 Å². The van der Waals surface area contributed by atoms with Crippen LogP contribution >= 0.6 is 11.6 Å². The van der Waals surface area contributed by atoms with Crippen molar-refractivity contribution in [3.63, 3.8) is 0 Å². The SMILES string of the molecule is Cc1ccc(C)c(S(=O)(=O)NCCOc2ccc(Cl)cc2C)c1. The largest absolute Gasteiger partial charge is 0.492 e. The number of rotatable bonds is 6. The number of hydrogen-bond acceptors (Lipinski definition) is 3. The first kappa shape index (κ1) is 17.8. The lowest BCUT2D eigenvalue weighted by Gasteiger charge is -2.12. The highest BCUT2D eigenvalue weighted by Gasteiger charge is 2.16. The van der Waals surface area contributed by atoms with Crippen molar-refractivity contribution in [1.82, 2.24) is 4.72 Å². The smallest absolute Gasteiger partial charge is 0.240 e. The van der Waals surface area contributed by atoms with Crippen LogP contribution < -0.4 is 9.46 Å².